The zero-order valence-corrected chi connectivity index (χ0v) is 8.54. The number of hydrogen-bond acceptors (Lipinski definition) is 6. The van der Waals surface area contributed by atoms with E-state index < -0.39 is 6.10 Å². The first kappa shape index (κ1) is 10.5. The van der Waals surface area contributed by atoms with Gasteiger partial charge in [-0.2, -0.15) is 4.80 Å². The highest BCUT2D eigenvalue weighted by molar-refractivity contribution is 4.81. The van der Waals surface area contributed by atoms with Crippen LogP contribution in [0.4, 0.5) is 0 Å². The zero-order chi connectivity index (χ0) is 10.7. The van der Waals surface area contributed by atoms with Crippen molar-refractivity contribution in [1.82, 2.24) is 20.2 Å². The molecular weight excluding hydrogens is 200 g/mol. The van der Waals surface area contributed by atoms with Crippen LogP contribution in [0, 0.1) is 0 Å². The Morgan fingerprint density at radius 2 is 2.27 bits per heavy atom. The zero-order valence-electron chi connectivity index (χ0n) is 8.54. The lowest BCUT2D eigenvalue weighted by molar-refractivity contribution is -0.0700. The third kappa shape index (κ3) is 2.95. The van der Waals surface area contributed by atoms with Crippen molar-refractivity contribution < 1.29 is 14.6 Å². The first-order valence-electron chi connectivity index (χ1n) is 4.88. The fraction of sp³-hybridized carbons (Fsp3) is 0.875. The van der Waals surface area contributed by atoms with Gasteiger partial charge in [-0.05, 0) is 5.21 Å². The van der Waals surface area contributed by atoms with Crippen LogP contribution < -0.4 is 0 Å². The number of tetrazole rings is 1. The second-order valence-electron chi connectivity index (χ2n) is 3.46. The van der Waals surface area contributed by atoms with Crippen LogP contribution in [0.15, 0.2) is 0 Å². The maximum Gasteiger partial charge on any atom is 0.177 e. The second kappa shape index (κ2) is 4.65. The van der Waals surface area contributed by atoms with Gasteiger partial charge in [0.15, 0.2) is 12.1 Å². The molecule has 1 aliphatic heterocycles. The van der Waals surface area contributed by atoms with Crippen molar-refractivity contribution in [2.45, 2.75) is 25.2 Å². The second-order valence-corrected chi connectivity index (χ2v) is 3.46. The molecule has 2 heterocycles. The highest BCUT2D eigenvalue weighted by atomic mass is 16.7. The standard InChI is InChI=1S/C8H14N4O3/c1-12-10-7(9-11-12)4-6(13)5-8-14-2-3-15-8/h6,8,13H,2-5H2,1H3. The molecule has 1 atom stereocenters. The van der Waals surface area contributed by atoms with Crippen LogP contribution in [0.5, 0.6) is 0 Å². The molecule has 7 heteroatoms. The molecule has 7 nitrogen and oxygen atoms in total. The van der Waals surface area contributed by atoms with Crippen molar-refractivity contribution in [1.29, 1.82) is 0 Å². The van der Waals surface area contributed by atoms with Gasteiger partial charge >= 0.3 is 0 Å². The Balaban J connectivity index is 1.78. The molecule has 1 aromatic rings. The molecule has 1 fully saturated rings. The molecule has 0 bridgehead atoms. The lowest BCUT2D eigenvalue weighted by atomic mass is 10.2. The summed E-state index contributed by atoms with van der Waals surface area (Å²) in [5.74, 6) is 0.531. The van der Waals surface area contributed by atoms with Crippen molar-refractivity contribution >= 4 is 0 Å². The van der Waals surface area contributed by atoms with Crippen LogP contribution in [0.1, 0.15) is 12.2 Å². The Bertz CT molecular complexity index is 311. The third-order valence-electron chi connectivity index (χ3n) is 2.12. The van der Waals surface area contributed by atoms with Gasteiger partial charge < -0.3 is 14.6 Å². The summed E-state index contributed by atoms with van der Waals surface area (Å²) < 4.78 is 10.4. The average molecular weight is 214 g/mol. The molecule has 1 aromatic heterocycles. The molecule has 1 saturated heterocycles. The summed E-state index contributed by atoms with van der Waals surface area (Å²) >= 11 is 0. The van der Waals surface area contributed by atoms with Gasteiger partial charge in [0.1, 0.15) is 0 Å². The summed E-state index contributed by atoms with van der Waals surface area (Å²) in [6, 6.07) is 0. The van der Waals surface area contributed by atoms with Gasteiger partial charge in [0.25, 0.3) is 0 Å². The molecular formula is C8H14N4O3. The van der Waals surface area contributed by atoms with Crippen LogP contribution in [-0.4, -0.2) is 50.9 Å². The van der Waals surface area contributed by atoms with Gasteiger partial charge in [-0.15, -0.1) is 10.2 Å². The molecule has 0 radical (unpaired) electrons. The molecule has 0 saturated carbocycles. The van der Waals surface area contributed by atoms with Crippen LogP contribution in [0.2, 0.25) is 0 Å². The maximum atomic E-state index is 9.70. The van der Waals surface area contributed by atoms with Gasteiger partial charge in [0.2, 0.25) is 0 Å². The summed E-state index contributed by atoms with van der Waals surface area (Å²) in [5.41, 5.74) is 0. The van der Waals surface area contributed by atoms with Crippen molar-refractivity contribution in [3.63, 3.8) is 0 Å². The van der Waals surface area contributed by atoms with Crippen molar-refractivity contribution in [2.75, 3.05) is 13.2 Å². The number of aliphatic hydroxyl groups excluding tert-OH is 1. The van der Waals surface area contributed by atoms with Gasteiger partial charge in [-0.3, -0.25) is 0 Å². The number of ether oxygens (including phenoxy) is 2. The van der Waals surface area contributed by atoms with Gasteiger partial charge in [0, 0.05) is 12.8 Å². The average Bonchev–Trinajstić information content (AvgIpc) is 2.77. The lowest BCUT2D eigenvalue weighted by Crippen LogP contribution is -2.21. The van der Waals surface area contributed by atoms with E-state index in [1.165, 1.54) is 4.80 Å². The Morgan fingerprint density at radius 1 is 1.53 bits per heavy atom. The topological polar surface area (TPSA) is 82.3 Å². The van der Waals surface area contributed by atoms with E-state index in [0.717, 1.165) is 0 Å². The van der Waals surface area contributed by atoms with Gasteiger partial charge in [-0.25, -0.2) is 0 Å². The van der Waals surface area contributed by atoms with E-state index in [4.69, 9.17) is 9.47 Å². The summed E-state index contributed by atoms with van der Waals surface area (Å²) in [4.78, 5) is 1.37. The van der Waals surface area contributed by atoms with E-state index >= 15 is 0 Å². The summed E-state index contributed by atoms with van der Waals surface area (Å²) in [6.07, 6.45) is -0.0380. The van der Waals surface area contributed by atoms with Crippen molar-refractivity contribution in [3.05, 3.63) is 5.82 Å². The predicted octanol–water partition coefficient (Wildman–Crippen LogP) is -1.12. The number of hydrogen-bond donors (Lipinski definition) is 1. The Morgan fingerprint density at radius 3 is 2.87 bits per heavy atom. The van der Waals surface area contributed by atoms with E-state index in [-0.39, 0.29) is 6.29 Å². The van der Waals surface area contributed by atoms with E-state index in [1.807, 2.05) is 0 Å². The normalized spacial score (nSPS) is 19.6. The molecule has 1 N–H and O–H groups in total. The number of aromatic nitrogens is 4. The predicted molar refractivity (Wildman–Crippen MR) is 48.8 cm³/mol. The Kier molecular flexibility index (Phi) is 3.24. The van der Waals surface area contributed by atoms with Gasteiger partial charge in [-0.1, -0.05) is 0 Å². The number of rotatable bonds is 4. The monoisotopic (exact) mass is 214 g/mol. The molecule has 0 amide bonds. The number of aryl methyl sites for hydroxylation is 1. The smallest absolute Gasteiger partial charge is 0.177 e. The van der Waals surface area contributed by atoms with E-state index in [9.17, 15) is 5.11 Å². The van der Waals surface area contributed by atoms with Gasteiger partial charge in [0.05, 0.1) is 26.4 Å². The summed E-state index contributed by atoms with van der Waals surface area (Å²) in [7, 11) is 1.69. The van der Waals surface area contributed by atoms with Crippen molar-refractivity contribution in [2.24, 2.45) is 7.05 Å². The number of nitrogens with zero attached hydrogens (tertiary/aromatic N) is 4. The molecule has 15 heavy (non-hydrogen) atoms. The largest absolute Gasteiger partial charge is 0.392 e. The van der Waals surface area contributed by atoms with Crippen LogP contribution in [-0.2, 0) is 22.9 Å². The first-order chi connectivity index (χ1) is 7.24. The van der Waals surface area contributed by atoms with Crippen LogP contribution >= 0.6 is 0 Å². The van der Waals surface area contributed by atoms with E-state index in [1.54, 1.807) is 7.05 Å². The summed E-state index contributed by atoms with van der Waals surface area (Å²) in [6.45, 7) is 1.20. The lowest BCUT2D eigenvalue weighted by Gasteiger charge is -2.12. The van der Waals surface area contributed by atoms with Crippen LogP contribution in [0.25, 0.3) is 0 Å². The molecule has 84 valence electrons. The molecule has 1 unspecified atom stereocenters. The fourth-order valence-electron chi connectivity index (χ4n) is 1.46. The van der Waals surface area contributed by atoms with E-state index in [2.05, 4.69) is 15.4 Å². The third-order valence-corrected chi connectivity index (χ3v) is 2.12. The highest BCUT2D eigenvalue weighted by Crippen LogP contribution is 2.12. The molecule has 0 spiro atoms. The molecule has 0 aliphatic carbocycles. The molecule has 1 aliphatic rings. The maximum absolute atomic E-state index is 9.70. The Hall–Kier alpha value is -1.05. The number of aliphatic hydroxyl groups is 1. The van der Waals surface area contributed by atoms with E-state index in [0.29, 0.717) is 31.9 Å². The van der Waals surface area contributed by atoms with Crippen molar-refractivity contribution in [3.8, 4) is 0 Å². The highest BCUT2D eigenvalue weighted by Gasteiger charge is 2.21. The Labute approximate surface area is 87.0 Å². The minimum absolute atomic E-state index is 0.295. The quantitative estimate of drug-likeness (QED) is 0.683. The fourth-order valence-corrected chi connectivity index (χ4v) is 1.46. The molecule has 0 aromatic carbocycles. The van der Waals surface area contributed by atoms with Crippen LogP contribution in [0.3, 0.4) is 0 Å². The molecule has 2 rings (SSSR count). The summed E-state index contributed by atoms with van der Waals surface area (Å²) in [5, 5.41) is 21.1. The SMILES string of the molecule is Cn1nnc(CC(O)CC2OCCO2)n1. The first-order valence-corrected chi connectivity index (χ1v) is 4.88. The minimum Gasteiger partial charge on any atom is -0.392 e. The minimum atomic E-state index is -0.558.